The van der Waals surface area contributed by atoms with E-state index in [4.69, 9.17) is 0 Å². The summed E-state index contributed by atoms with van der Waals surface area (Å²) in [5, 5.41) is 0. The third-order valence-electron chi connectivity index (χ3n) is 0.254. The molecule has 1 unspecified atom stereocenters. The summed E-state index contributed by atoms with van der Waals surface area (Å²) in [5.41, 5.74) is 0. The summed E-state index contributed by atoms with van der Waals surface area (Å²) in [6.07, 6.45) is 0. The van der Waals surface area contributed by atoms with Crippen LogP contribution in [0.3, 0.4) is 0 Å². The van der Waals surface area contributed by atoms with Gasteiger partial charge in [-0.1, -0.05) is 0 Å². The number of hydrogen-bond donors (Lipinski definition) is 0. The topological polar surface area (TPSA) is 26.3 Å². The highest BCUT2D eigenvalue weighted by atomic mass is 127. The molecule has 1 atom stereocenters. The molecule has 0 aliphatic heterocycles. The van der Waals surface area contributed by atoms with Crippen LogP contribution in [0, 0.1) is 0 Å². The summed E-state index contributed by atoms with van der Waals surface area (Å²) in [4.78, 5) is 12.0. The highest BCUT2D eigenvalue weighted by Crippen LogP contribution is 2.02. The fourth-order valence-electron chi connectivity index (χ4n) is 0.0337. The summed E-state index contributed by atoms with van der Waals surface area (Å²) in [6.45, 7) is 0. The summed E-state index contributed by atoms with van der Waals surface area (Å²) >= 11 is 1.09. The van der Waals surface area contributed by atoms with Crippen LogP contribution in [-0.4, -0.2) is 10.1 Å². The molecule has 42 valence electrons. The molecule has 0 radical (unpaired) electrons. The van der Waals surface area contributed by atoms with Crippen molar-refractivity contribution >= 4 is 28.6 Å². The van der Waals surface area contributed by atoms with Gasteiger partial charge in [0.1, 0.15) is 0 Å². The van der Waals surface area contributed by atoms with Crippen LogP contribution in [0.4, 0.5) is 8.92 Å². The molecule has 7 heavy (non-hydrogen) atoms. The molecule has 0 bridgehead atoms. The van der Waals surface area contributed by atoms with Gasteiger partial charge >= 0.3 is 5.97 Å². The zero-order chi connectivity index (χ0) is 5.86. The van der Waals surface area contributed by atoms with Gasteiger partial charge in [-0.25, -0.2) is 9.18 Å². The molecule has 0 aliphatic carbocycles. The van der Waals surface area contributed by atoms with Gasteiger partial charge in [-0.2, -0.15) is 0 Å². The zero-order valence-corrected chi connectivity index (χ0v) is 5.19. The molecule has 0 saturated heterocycles. The Morgan fingerprint density at radius 2 is 2.29 bits per heavy atom. The first-order valence-corrected chi connectivity index (χ1v) is 2.53. The number of rotatable bonds is 1. The van der Waals surface area contributed by atoms with Gasteiger partial charge in [0.25, 0.3) is 4.18 Å². The summed E-state index contributed by atoms with van der Waals surface area (Å²) < 4.78 is 20.0. The first-order valence-electron chi connectivity index (χ1n) is 1.29. The van der Waals surface area contributed by atoms with Crippen molar-refractivity contribution < 1.29 is 18.7 Å². The smallest absolute Gasteiger partial charge is 0.251 e. The van der Waals surface area contributed by atoms with E-state index in [1.54, 1.807) is 0 Å². The van der Waals surface area contributed by atoms with Gasteiger partial charge in [-0.3, -0.25) is 4.94 Å². The Balaban J connectivity index is 3.35. The highest BCUT2D eigenvalue weighted by Gasteiger charge is 2.13. The van der Waals surface area contributed by atoms with Crippen LogP contribution in [0.5, 0.6) is 0 Å². The molecule has 0 rings (SSSR count). The van der Waals surface area contributed by atoms with Crippen LogP contribution in [0.1, 0.15) is 0 Å². The molecule has 0 aromatic rings. The average molecular weight is 222 g/mol. The minimum Gasteiger partial charge on any atom is -0.251 e. The van der Waals surface area contributed by atoms with Gasteiger partial charge in [0, 0.05) is 4.53 Å². The zero-order valence-electron chi connectivity index (χ0n) is 3.03. The van der Waals surface area contributed by atoms with E-state index in [9.17, 15) is 13.7 Å². The summed E-state index contributed by atoms with van der Waals surface area (Å²) in [6, 6.07) is 0. The molecule has 0 aromatic carbocycles. The Kier molecular flexibility index (Phi) is 3.14. The van der Waals surface area contributed by atoms with Crippen LogP contribution < -0.4 is 0 Å². The Labute approximate surface area is 51.9 Å². The first-order chi connectivity index (χ1) is 3.18. The molecular formula is C2HF2IO2. The predicted octanol–water partition coefficient (Wildman–Crippen LogP) is 1.14. The van der Waals surface area contributed by atoms with Crippen molar-refractivity contribution in [3.8, 4) is 0 Å². The molecule has 0 N–H and O–H groups in total. The van der Waals surface area contributed by atoms with Crippen molar-refractivity contribution in [2.24, 2.45) is 0 Å². The molecule has 5 heteroatoms. The standard InChI is InChI=1S/C2HF2IO2/c3-1(5)2(6)7-4/h1H. The van der Waals surface area contributed by atoms with Crippen LogP contribution in [0.15, 0.2) is 0 Å². The molecule has 0 amide bonds. The summed E-state index contributed by atoms with van der Waals surface area (Å²) in [5.74, 6) is -1.50. The third kappa shape index (κ3) is 2.72. The molecule has 0 aromatic heterocycles. The lowest BCUT2D eigenvalue weighted by atomic mass is 10.8. The van der Waals surface area contributed by atoms with Crippen LogP contribution in [-0.2, 0) is 9.74 Å². The molecular weight excluding hydrogens is 221 g/mol. The van der Waals surface area contributed by atoms with Crippen LogP contribution in [0.2, 0.25) is 0 Å². The number of carbonyl (C=O) groups is 1. The van der Waals surface area contributed by atoms with Crippen molar-refractivity contribution in [3.63, 3.8) is 0 Å². The monoisotopic (exact) mass is 222 g/mol. The van der Waals surface area contributed by atoms with Crippen LogP contribution >= 0.6 is 22.6 Å². The van der Waals surface area contributed by atoms with Crippen molar-refractivity contribution in [1.82, 2.24) is 0 Å². The number of alkyl halides is 2. The van der Waals surface area contributed by atoms with E-state index < -0.39 is 10.1 Å². The summed E-state index contributed by atoms with van der Waals surface area (Å²) in [7, 11) is 0. The van der Waals surface area contributed by atoms with Gasteiger partial charge < -0.3 is 0 Å². The molecule has 0 spiro atoms. The van der Waals surface area contributed by atoms with Gasteiger partial charge in [-0.05, 0) is 22.6 Å². The maximum Gasteiger partial charge on any atom is 0.392 e. The van der Waals surface area contributed by atoms with Crippen molar-refractivity contribution in [1.29, 1.82) is 0 Å². The van der Waals surface area contributed by atoms with Gasteiger partial charge in [0.05, 0.1) is 0 Å². The van der Waals surface area contributed by atoms with E-state index >= 15 is 0 Å². The average Bonchev–Trinajstić information content (AvgIpc) is 1.65. The second-order valence-electron chi connectivity index (χ2n) is 0.697. The molecule has 0 aliphatic rings. The Hall–Kier alpha value is 0.0600. The lowest BCUT2D eigenvalue weighted by Gasteiger charge is -1.87. The van der Waals surface area contributed by atoms with Crippen molar-refractivity contribution in [2.45, 2.75) is 4.18 Å². The SMILES string of the molecule is O=C(OF)C(F)I. The maximum atomic E-state index is 11.4. The fraction of sp³-hybridized carbons (Fsp3) is 0.500. The minimum absolute atomic E-state index is 1.09. The van der Waals surface area contributed by atoms with Crippen molar-refractivity contribution in [2.75, 3.05) is 0 Å². The quantitative estimate of drug-likeness (QED) is 0.491. The largest absolute Gasteiger partial charge is 0.392 e. The maximum absolute atomic E-state index is 11.4. The Morgan fingerprint density at radius 1 is 1.86 bits per heavy atom. The number of hydrogen-bond acceptors (Lipinski definition) is 2. The molecule has 0 saturated carbocycles. The molecule has 2 nitrogen and oxygen atoms in total. The molecule has 0 heterocycles. The Morgan fingerprint density at radius 3 is 2.29 bits per heavy atom. The van der Waals surface area contributed by atoms with Crippen LogP contribution in [0.25, 0.3) is 0 Å². The van der Waals surface area contributed by atoms with E-state index in [-0.39, 0.29) is 0 Å². The second-order valence-corrected chi connectivity index (χ2v) is 1.79. The normalized spacial score (nSPS) is 13.0. The van der Waals surface area contributed by atoms with Gasteiger partial charge in [-0.15, -0.1) is 0 Å². The highest BCUT2D eigenvalue weighted by molar-refractivity contribution is 14.1. The van der Waals surface area contributed by atoms with E-state index in [1.807, 2.05) is 0 Å². The van der Waals surface area contributed by atoms with E-state index in [0.29, 0.717) is 0 Å². The lowest BCUT2D eigenvalue weighted by Crippen LogP contribution is -2.06. The van der Waals surface area contributed by atoms with Gasteiger partial charge in [0.2, 0.25) is 0 Å². The number of halogens is 3. The first kappa shape index (κ1) is 7.06. The van der Waals surface area contributed by atoms with E-state index in [1.165, 1.54) is 0 Å². The Bertz CT molecular complexity index is 74.1. The molecule has 0 fully saturated rings. The van der Waals surface area contributed by atoms with Crippen molar-refractivity contribution in [3.05, 3.63) is 0 Å². The van der Waals surface area contributed by atoms with E-state index in [2.05, 4.69) is 4.94 Å². The lowest BCUT2D eigenvalue weighted by molar-refractivity contribution is -0.185. The van der Waals surface area contributed by atoms with Gasteiger partial charge in [0.15, 0.2) is 0 Å². The van der Waals surface area contributed by atoms with E-state index in [0.717, 1.165) is 22.6 Å². The third-order valence-corrected chi connectivity index (χ3v) is 0.763. The predicted molar refractivity (Wildman–Crippen MR) is 26.1 cm³/mol. The minimum atomic E-state index is -1.90. The number of carbonyl (C=O) groups excluding carboxylic acids is 1. The fourth-order valence-corrected chi connectivity index (χ4v) is 0.130. The second kappa shape index (κ2) is 3.11.